The van der Waals surface area contributed by atoms with Crippen molar-refractivity contribution in [2.24, 2.45) is 0 Å². The Bertz CT molecular complexity index is 614. The van der Waals surface area contributed by atoms with E-state index in [1.807, 2.05) is 19.2 Å². The highest BCUT2D eigenvalue weighted by atomic mass is 32.1. The van der Waals surface area contributed by atoms with Crippen LogP contribution in [0.5, 0.6) is 0 Å². The van der Waals surface area contributed by atoms with E-state index in [9.17, 15) is 10.1 Å². The van der Waals surface area contributed by atoms with Crippen LogP contribution in [0, 0.1) is 17.0 Å². The molecule has 2 N–H and O–H groups in total. The van der Waals surface area contributed by atoms with Crippen LogP contribution in [0.1, 0.15) is 17.6 Å². The molecule has 0 fully saturated rings. The second kappa shape index (κ2) is 6.29. The zero-order valence-corrected chi connectivity index (χ0v) is 12.0. The molecule has 8 heteroatoms. The van der Waals surface area contributed by atoms with Crippen molar-refractivity contribution in [3.05, 3.63) is 38.3 Å². The fraction of sp³-hybridized carbons (Fsp3) is 0.333. The summed E-state index contributed by atoms with van der Waals surface area (Å²) in [5, 5.41) is 19.8. The summed E-state index contributed by atoms with van der Waals surface area (Å²) in [6.45, 7) is 4.97. The molecule has 106 valence electrons. The Morgan fingerprint density at radius 1 is 1.35 bits per heavy atom. The van der Waals surface area contributed by atoms with Crippen molar-refractivity contribution in [3.8, 4) is 0 Å². The van der Waals surface area contributed by atoms with Crippen molar-refractivity contribution in [1.82, 2.24) is 9.97 Å². The molecule has 0 aliphatic carbocycles. The summed E-state index contributed by atoms with van der Waals surface area (Å²) < 4.78 is 0. The minimum atomic E-state index is -0.446. The molecule has 0 aliphatic heterocycles. The molecule has 0 amide bonds. The highest BCUT2D eigenvalue weighted by molar-refractivity contribution is 7.09. The molecule has 20 heavy (non-hydrogen) atoms. The Hall–Kier alpha value is -2.22. The molecule has 2 heterocycles. The van der Waals surface area contributed by atoms with E-state index < -0.39 is 4.92 Å². The van der Waals surface area contributed by atoms with E-state index in [2.05, 4.69) is 20.6 Å². The first-order chi connectivity index (χ1) is 9.60. The zero-order valence-electron chi connectivity index (χ0n) is 11.2. The first kappa shape index (κ1) is 14.2. The van der Waals surface area contributed by atoms with Gasteiger partial charge in [0.25, 0.3) is 0 Å². The first-order valence-corrected chi connectivity index (χ1v) is 7.02. The fourth-order valence-corrected chi connectivity index (χ4v) is 2.36. The average Bonchev–Trinajstić information content (AvgIpc) is 2.82. The number of aryl methyl sites for hydroxylation is 1. The van der Waals surface area contributed by atoms with Crippen LogP contribution in [0.25, 0.3) is 0 Å². The minimum Gasteiger partial charge on any atom is -0.370 e. The highest BCUT2D eigenvalue weighted by Gasteiger charge is 2.16. The van der Waals surface area contributed by atoms with Crippen molar-refractivity contribution >= 4 is 28.7 Å². The molecule has 0 aliphatic rings. The second-order valence-corrected chi connectivity index (χ2v) is 5.03. The molecule has 0 atom stereocenters. The number of aromatic nitrogens is 2. The van der Waals surface area contributed by atoms with E-state index in [-0.39, 0.29) is 11.5 Å². The summed E-state index contributed by atoms with van der Waals surface area (Å²) in [6.07, 6.45) is 0. The Morgan fingerprint density at radius 3 is 2.75 bits per heavy atom. The number of nitro groups is 1. The smallest absolute Gasteiger partial charge is 0.311 e. The number of hydrogen-bond acceptors (Lipinski definition) is 7. The fourth-order valence-electron chi connectivity index (χ4n) is 1.65. The Balaban J connectivity index is 2.18. The van der Waals surface area contributed by atoms with Crippen molar-refractivity contribution in [1.29, 1.82) is 0 Å². The van der Waals surface area contributed by atoms with Gasteiger partial charge in [-0.25, -0.2) is 9.97 Å². The van der Waals surface area contributed by atoms with Gasteiger partial charge in [-0.05, 0) is 19.9 Å². The largest absolute Gasteiger partial charge is 0.370 e. The van der Waals surface area contributed by atoms with Gasteiger partial charge in [0.2, 0.25) is 5.82 Å². The molecule has 0 radical (unpaired) electrons. The number of rotatable bonds is 6. The Labute approximate surface area is 120 Å². The van der Waals surface area contributed by atoms with Crippen LogP contribution >= 0.6 is 11.3 Å². The predicted molar refractivity (Wildman–Crippen MR) is 79.2 cm³/mol. The molecule has 0 aromatic carbocycles. The van der Waals surface area contributed by atoms with Crippen LogP contribution in [0.15, 0.2) is 17.5 Å². The van der Waals surface area contributed by atoms with E-state index in [4.69, 9.17) is 0 Å². The topological polar surface area (TPSA) is 93.0 Å². The lowest BCUT2D eigenvalue weighted by molar-refractivity contribution is -0.384. The van der Waals surface area contributed by atoms with Crippen LogP contribution in [-0.4, -0.2) is 21.4 Å². The van der Waals surface area contributed by atoms with Gasteiger partial charge in [-0.3, -0.25) is 10.1 Å². The normalized spacial score (nSPS) is 10.3. The van der Waals surface area contributed by atoms with Gasteiger partial charge in [0.05, 0.1) is 11.5 Å². The summed E-state index contributed by atoms with van der Waals surface area (Å²) in [7, 11) is 0. The molecule has 7 nitrogen and oxygen atoms in total. The third-order valence-corrected chi connectivity index (χ3v) is 3.47. The van der Waals surface area contributed by atoms with E-state index in [1.54, 1.807) is 6.07 Å². The van der Waals surface area contributed by atoms with E-state index in [0.717, 1.165) is 10.7 Å². The molecular weight excluding hydrogens is 278 g/mol. The van der Waals surface area contributed by atoms with Gasteiger partial charge < -0.3 is 10.6 Å². The molecule has 0 saturated heterocycles. The van der Waals surface area contributed by atoms with E-state index >= 15 is 0 Å². The quantitative estimate of drug-likeness (QED) is 0.628. The van der Waals surface area contributed by atoms with E-state index in [0.29, 0.717) is 18.9 Å². The van der Waals surface area contributed by atoms with Gasteiger partial charge in [-0.15, -0.1) is 11.3 Å². The lowest BCUT2D eigenvalue weighted by Gasteiger charge is -2.07. The summed E-state index contributed by atoms with van der Waals surface area (Å²) in [6, 6.07) is 3.04. The average molecular weight is 293 g/mol. The number of nitrogens with zero attached hydrogens (tertiary/aromatic N) is 3. The van der Waals surface area contributed by atoms with Gasteiger partial charge in [-0.2, -0.15) is 0 Å². The number of anilines is 2. The molecule has 0 saturated carbocycles. The summed E-state index contributed by atoms with van der Waals surface area (Å²) in [5.41, 5.74) is 0.899. The maximum atomic E-state index is 11.0. The lowest BCUT2D eigenvalue weighted by Crippen LogP contribution is -2.07. The Kier molecular flexibility index (Phi) is 4.46. The standard InChI is InChI=1S/C12H15N5O2S/c1-3-13-10-5-4-9(17(18)19)12(16-10)14-6-11-15-8(2)7-20-11/h4-5,7H,3,6H2,1-2H3,(H2,13,14,16). The first-order valence-electron chi connectivity index (χ1n) is 6.14. The third-order valence-electron chi connectivity index (χ3n) is 2.50. The summed E-state index contributed by atoms with van der Waals surface area (Å²) in [5.74, 6) is 0.859. The van der Waals surface area contributed by atoms with Crippen LogP contribution in [-0.2, 0) is 6.54 Å². The second-order valence-electron chi connectivity index (χ2n) is 4.09. The third kappa shape index (κ3) is 3.41. The van der Waals surface area contributed by atoms with Gasteiger partial charge in [-0.1, -0.05) is 0 Å². The Morgan fingerprint density at radius 2 is 2.15 bits per heavy atom. The SMILES string of the molecule is CCNc1ccc([N+](=O)[O-])c(NCc2nc(C)cs2)n1. The number of thiazole rings is 1. The molecule has 0 spiro atoms. The highest BCUT2D eigenvalue weighted by Crippen LogP contribution is 2.24. The summed E-state index contributed by atoms with van der Waals surface area (Å²) in [4.78, 5) is 19.1. The van der Waals surface area contributed by atoms with Gasteiger partial charge in [0.1, 0.15) is 10.8 Å². The van der Waals surface area contributed by atoms with Crippen molar-refractivity contribution in [2.75, 3.05) is 17.2 Å². The molecular formula is C12H15N5O2S. The molecule has 0 unspecified atom stereocenters. The lowest BCUT2D eigenvalue weighted by atomic mass is 10.3. The summed E-state index contributed by atoms with van der Waals surface area (Å²) >= 11 is 1.51. The molecule has 2 aromatic rings. The molecule has 0 bridgehead atoms. The van der Waals surface area contributed by atoms with Crippen molar-refractivity contribution in [2.45, 2.75) is 20.4 Å². The van der Waals surface area contributed by atoms with Crippen LogP contribution < -0.4 is 10.6 Å². The molecule has 2 aromatic heterocycles. The maximum absolute atomic E-state index is 11.0. The zero-order chi connectivity index (χ0) is 14.5. The van der Waals surface area contributed by atoms with Gasteiger partial charge >= 0.3 is 5.69 Å². The number of hydrogen-bond donors (Lipinski definition) is 2. The maximum Gasteiger partial charge on any atom is 0.311 e. The van der Waals surface area contributed by atoms with Gasteiger partial charge in [0, 0.05) is 23.7 Å². The number of pyridine rings is 1. The van der Waals surface area contributed by atoms with Crippen LogP contribution in [0.4, 0.5) is 17.3 Å². The minimum absolute atomic E-state index is 0.0417. The monoisotopic (exact) mass is 293 g/mol. The van der Waals surface area contributed by atoms with Gasteiger partial charge in [0.15, 0.2) is 0 Å². The van der Waals surface area contributed by atoms with E-state index in [1.165, 1.54) is 17.4 Å². The van der Waals surface area contributed by atoms with Crippen LogP contribution in [0.3, 0.4) is 0 Å². The molecule has 2 rings (SSSR count). The van der Waals surface area contributed by atoms with Crippen molar-refractivity contribution in [3.63, 3.8) is 0 Å². The predicted octanol–water partition coefficient (Wildman–Crippen LogP) is 2.80. The number of nitrogens with one attached hydrogen (secondary N) is 2. The van der Waals surface area contributed by atoms with Crippen molar-refractivity contribution < 1.29 is 4.92 Å². The van der Waals surface area contributed by atoms with Crippen LogP contribution in [0.2, 0.25) is 0 Å².